The molecule has 0 aliphatic carbocycles. The van der Waals surface area contributed by atoms with Crippen LogP contribution in [0.25, 0.3) is 0 Å². The van der Waals surface area contributed by atoms with Crippen molar-refractivity contribution in [3.8, 4) is 11.5 Å². The van der Waals surface area contributed by atoms with Crippen molar-refractivity contribution in [2.45, 2.75) is 18.9 Å². The average Bonchev–Trinajstić information content (AvgIpc) is 2.29. The van der Waals surface area contributed by atoms with Gasteiger partial charge in [-0.25, -0.2) is 0 Å². The van der Waals surface area contributed by atoms with E-state index in [-0.39, 0.29) is 5.56 Å². The highest BCUT2D eigenvalue weighted by atomic mass is 35.5. The average molecular weight is 229 g/mol. The summed E-state index contributed by atoms with van der Waals surface area (Å²) in [6, 6.07) is 4.94. The second-order valence-electron chi connectivity index (χ2n) is 2.96. The number of halogens is 1. The number of rotatable bonds is 5. The molecule has 0 aliphatic rings. The van der Waals surface area contributed by atoms with E-state index in [4.69, 9.17) is 21.1 Å². The van der Waals surface area contributed by atoms with Crippen molar-refractivity contribution in [3.05, 3.63) is 23.8 Å². The first kappa shape index (κ1) is 11.9. The van der Waals surface area contributed by atoms with Gasteiger partial charge in [0.2, 0.25) is 0 Å². The molecule has 0 aliphatic heterocycles. The number of ether oxygens (including phenoxy) is 2. The predicted molar refractivity (Wildman–Crippen MR) is 58.9 cm³/mol. The Balaban J connectivity index is 2.92. The van der Waals surface area contributed by atoms with Gasteiger partial charge in [-0.15, -0.1) is 0 Å². The Labute approximate surface area is 93.9 Å². The summed E-state index contributed by atoms with van der Waals surface area (Å²) in [6.07, 6.45) is 1.45. The van der Waals surface area contributed by atoms with Gasteiger partial charge in [0, 0.05) is 5.56 Å². The van der Waals surface area contributed by atoms with Crippen molar-refractivity contribution in [3.63, 3.8) is 0 Å². The lowest BCUT2D eigenvalue weighted by atomic mass is 10.2. The van der Waals surface area contributed by atoms with E-state index in [1.165, 1.54) is 7.11 Å². The zero-order chi connectivity index (χ0) is 11.3. The summed E-state index contributed by atoms with van der Waals surface area (Å²) in [7, 11) is 1.52. The van der Waals surface area contributed by atoms with E-state index in [0.717, 1.165) is 6.29 Å². The first-order valence-electron chi connectivity index (χ1n) is 4.65. The molecule has 1 aromatic rings. The van der Waals surface area contributed by atoms with Gasteiger partial charge in [0.1, 0.15) is 6.29 Å². The summed E-state index contributed by atoms with van der Waals surface area (Å²) < 4.78 is 10.5. The fourth-order valence-electron chi connectivity index (χ4n) is 1.08. The quantitative estimate of drug-likeness (QED) is 0.574. The summed E-state index contributed by atoms with van der Waals surface area (Å²) >= 11 is 5.86. The van der Waals surface area contributed by atoms with Crippen molar-refractivity contribution in [2.24, 2.45) is 0 Å². The third-order valence-corrected chi connectivity index (χ3v) is 2.30. The van der Waals surface area contributed by atoms with Crippen LogP contribution in [0.5, 0.6) is 11.5 Å². The maximum atomic E-state index is 10.5. The molecule has 0 spiro atoms. The lowest BCUT2D eigenvalue weighted by Crippen LogP contribution is -2.07. The second-order valence-corrected chi connectivity index (χ2v) is 3.45. The molecule has 1 aromatic carbocycles. The molecule has 0 N–H and O–H groups in total. The molecule has 0 aromatic heterocycles. The zero-order valence-corrected chi connectivity index (χ0v) is 9.45. The molecule has 0 amide bonds. The van der Waals surface area contributed by atoms with Crippen molar-refractivity contribution in [2.75, 3.05) is 7.11 Å². The Morgan fingerprint density at radius 3 is 2.73 bits per heavy atom. The SMILES string of the molecule is CC[C@H](Cl)Oc1ccc(C=O)cc1OC. The smallest absolute Gasteiger partial charge is 0.172 e. The molecule has 0 fully saturated rings. The molecule has 0 saturated heterocycles. The molecule has 1 atom stereocenters. The van der Waals surface area contributed by atoms with Crippen molar-refractivity contribution in [1.82, 2.24) is 0 Å². The fraction of sp³-hybridized carbons (Fsp3) is 0.364. The van der Waals surface area contributed by atoms with Gasteiger partial charge in [0.25, 0.3) is 0 Å². The first-order valence-corrected chi connectivity index (χ1v) is 5.08. The Morgan fingerprint density at radius 2 is 2.20 bits per heavy atom. The van der Waals surface area contributed by atoms with Gasteiger partial charge < -0.3 is 9.47 Å². The van der Waals surface area contributed by atoms with Gasteiger partial charge in [0.05, 0.1) is 7.11 Å². The molecular weight excluding hydrogens is 216 g/mol. The van der Waals surface area contributed by atoms with E-state index in [2.05, 4.69) is 0 Å². The number of aldehydes is 1. The van der Waals surface area contributed by atoms with Crippen LogP contribution in [0.1, 0.15) is 23.7 Å². The van der Waals surface area contributed by atoms with Crippen LogP contribution in [0, 0.1) is 0 Å². The highest BCUT2D eigenvalue weighted by Crippen LogP contribution is 2.29. The van der Waals surface area contributed by atoms with Crippen molar-refractivity contribution >= 4 is 17.9 Å². The number of carbonyl (C=O) groups excluding carboxylic acids is 1. The summed E-state index contributed by atoms with van der Waals surface area (Å²) in [4.78, 5) is 10.5. The molecule has 0 saturated carbocycles. The van der Waals surface area contributed by atoms with E-state index >= 15 is 0 Å². The number of hydrogen-bond acceptors (Lipinski definition) is 3. The molecule has 0 radical (unpaired) electrons. The first-order chi connectivity index (χ1) is 7.21. The van der Waals surface area contributed by atoms with E-state index in [1.54, 1.807) is 18.2 Å². The number of alkyl halides is 1. The topological polar surface area (TPSA) is 35.5 Å². The lowest BCUT2D eigenvalue weighted by Gasteiger charge is -2.13. The van der Waals surface area contributed by atoms with Gasteiger partial charge in [0.15, 0.2) is 17.1 Å². The second kappa shape index (κ2) is 5.61. The molecule has 3 nitrogen and oxygen atoms in total. The molecular formula is C11H13ClO3. The van der Waals surface area contributed by atoms with Crippen LogP contribution in [-0.2, 0) is 0 Å². The number of benzene rings is 1. The van der Waals surface area contributed by atoms with Crippen LogP contribution < -0.4 is 9.47 Å². The standard InChI is InChI=1S/C11H13ClO3/c1-3-11(12)15-9-5-4-8(7-13)6-10(9)14-2/h4-7,11H,3H2,1-2H3/t11-/m1/s1. The van der Waals surface area contributed by atoms with Gasteiger partial charge in [-0.2, -0.15) is 0 Å². The predicted octanol–water partition coefficient (Wildman–Crippen LogP) is 2.86. The van der Waals surface area contributed by atoms with E-state index < -0.39 is 0 Å². The normalized spacial score (nSPS) is 11.9. The number of hydrogen-bond donors (Lipinski definition) is 0. The number of carbonyl (C=O) groups is 1. The van der Waals surface area contributed by atoms with E-state index in [9.17, 15) is 4.79 Å². The van der Waals surface area contributed by atoms with Crippen LogP contribution in [0.15, 0.2) is 18.2 Å². The van der Waals surface area contributed by atoms with Crippen LogP contribution in [0.4, 0.5) is 0 Å². The molecule has 1 rings (SSSR count). The van der Waals surface area contributed by atoms with Crippen LogP contribution in [-0.4, -0.2) is 19.0 Å². The van der Waals surface area contributed by atoms with Gasteiger partial charge in [-0.1, -0.05) is 18.5 Å². The molecule has 4 heteroatoms. The van der Waals surface area contributed by atoms with E-state index in [1.807, 2.05) is 6.92 Å². The summed E-state index contributed by atoms with van der Waals surface area (Å²) in [5, 5.41) is 0. The van der Waals surface area contributed by atoms with Crippen LogP contribution in [0.2, 0.25) is 0 Å². The Hall–Kier alpha value is -1.22. The fourth-order valence-corrected chi connectivity index (χ4v) is 1.17. The Bertz CT molecular complexity index is 339. The van der Waals surface area contributed by atoms with Crippen molar-refractivity contribution in [1.29, 1.82) is 0 Å². The minimum atomic E-state index is -0.388. The third-order valence-electron chi connectivity index (χ3n) is 1.90. The summed E-state index contributed by atoms with van der Waals surface area (Å²) in [6.45, 7) is 1.92. The highest BCUT2D eigenvalue weighted by Gasteiger charge is 2.09. The summed E-state index contributed by atoms with van der Waals surface area (Å²) in [5.41, 5.74) is 0.155. The third kappa shape index (κ3) is 3.13. The molecule has 82 valence electrons. The number of methoxy groups -OCH3 is 1. The molecule has 0 unspecified atom stereocenters. The molecule has 0 bridgehead atoms. The van der Waals surface area contributed by atoms with Crippen LogP contribution >= 0.6 is 11.6 Å². The largest absolute Gasteiger partial charge is 0.493 e. The monoisotopic (exact) mass is 228 g/mol. The lowest BCUT2D eigenvalue weighted by molar-refractivity contribution is 0.112. The van der Waals surface area contributed by atoms with Gasteiger partial charge >= 0.3 is 0 Å². The summed E-state index contributed by atoms with van der Waals surface area (Å²) in [5.74, 6) is 1.06. The van der Waals surface area contributed by atoms with E-state index in [0.29, 0.717) is 23.5 Å². The Kier molecular flexibility index (Phi) is 4.43. The molecule has 0 heterocycles. The highest BCUT2D eigenvalue weighted by molar-refractivity contribution is 6.19. The maximum Gasteiger partial charge on any atom is 0.172 e. The minimum absolute atomic E-state index is 0.388. The van der Waals surface area contributed by atoms with Crippen molar-refractivity contribution < 1.29 is 14.3 Å². The van der Waals surface area contributed by atoms with Crippen LogP contribution in [0.3, 0.4) is 0 Å². The maximum absolute atomic E-state index is 10.5. The Morgan fingerprint density at radius 1 is 1.47 bits per heavy atom. The van der Waals surface area contributed by atoms with Gasteiger partial charge in [-0.05, 0) is 24.6 Å². The zero-order valence-electron chi connectivity index (χ0n) is 8.70. The molecule has 15 heavy (non-hydrogen) atoms. The minimum Gasteiger partial charge on any atom is -0.493 e. The van der Waals surface area contributed by atoms with Gasteiger partial charge in [-0.3, -0.25) is 4.79 Å².